The molecule has 1 aliphatic rings. The molecule has 1 rings (SSSR count). The van der Waals surface area contributed by atoms with E-state index in [0.717, 1.165) is 26.3 Å². The predicted molar refractivity (Wildman–Crippen MR) is 69.7 cm³/mol. The molecule has 0 aliphatic carbocycles. The van der Waals surface area contributed by atoms with Crippen molar-refractivity contribution < 1.29 is 4.74 Å². The first-order chi connectivity index (χ1) is 7.35. The molecule has 0 aromatic rings. The van der Waals surface area contributed by atoms with Gasteiger partial charge < -0.3 is 4.74 Å². The summed E-state index contributed by atoms with van der Waals surface area (Å²) in [4.78, 5) is 2.57. The van der Waals surface area contributed by atoms with Gasteiger partial charge in [-0.25, -0.2) is 0 Å². The van der Waals surface area contributed by atoms with Gasteiger partial charge in [0.25, 0.3) is 0 Å². The Hall–Kier alpha value is -0.0800. The normalized spacial score (nSPS) is 23.1. The molecule has 2 nitrogen and oxygen atoms in total. The van der Waals surface area contributed by atoms with Crippen molar-refractivity contribution in [2.45, 2.75) is 47.5 Å². The number of rotatable bonds is 4. The van der Waals surface area contributed by atoms with Crippen LogP contribution in [0, 0.1) is 10.8 Å². The third-order valence-electron chi connectivity index (χ3n) is 3.52. The summed E-state index contributed by atoms with van der Waals surface area (Å²) in [7, 11) is 0. The average molecular weight is 227 g/mol. The minimum atomic E-state index is 0.428. The Bertz CT molecular complexity index is 203. The zero-order valence-corrected chi connectivity index (χ0v) is 11.8. The number of hydrogen-bond acceptors (Lipinski definition) is 2. The molecule has 2 heteroatoms. The van der Waals surface area contributed by atoms with E-state index in [1.165, 1.54) is 19.4 Å². The molecular weight excluding hydrogens is 198 g/mol. The molecule has 0 spiro atoms. The average Bonchev–Trinajstić information content (AvgIpc) is 2.16. The van der Waals surface area contributed by atoms with Crippen molar-refractivity contribution in [1.82, 2.24) is 4.90 Å². The van der Waals surface area contributed by atoms with Crippen molar-refractivity contribution in [2.24, 2.45) is 10.8 Å². The maximum atomic E-state index is 5.41. The Morgan fingerprint density at radius 1 is 1.06 bits per heavy atom. The van der Waals surface area contributed by atoms with Crippen LogP contribution < -0.4 is 0 Å². The molecule has 0 saturated carbocycles. The number of nitrogens with zero attached hydrogens (tertiary/aromatic N) is 1. The number of morpholine rings is 1. The monoisotopic (exact) mass is 227 g/mol. The van der Waals surface area contributed by atoms with Crippen LogP contribution in [0.1, 0.15) is 47.5 Å². The molecule has 0 aromatic heterocycles. The van der Waals surface area contributed by atoms with Crippen molar-refractivity contribution in [3.63, 3.8) is 0 Å². The van der Waals surface area contributed by atoms with Crippen LogP contribution in [-0.2, 0) is 4.74 Å². The highest BCUT2D eigenvalue weighted by molar-refractivity contribution is 4.83. The second-order valence-electron chi connectivity index (χ2n) is 6.79. The molecule has 0 bridgehead atoms. The van der Waals surface area contributed by atoms with E-state index in [1.807, 2.05) is 0 Å². The van der Waals surface area contributed by atoms with Crippen LogP contribution in [0.4, 0.5) is 0 Å². The zero-order valence-electron chi connectivity index (χ0n) is 11.8. The molecule has 1 atom stereocenters. The van der Waals surface area contributed by atoms with Crippen molar-refractivity contribution in [3.8, 4) is 0 Å². The fourth-order valence-corrected chi connectivity index (χ4v) is 2.87. The largest absolute Gasteiger partial charge is 0.379 e. The van der Waals surface area contributed by atoms with Crippen molar-refractivity contribution in [2.75, 3.05) is 32.8 Å². The lowest BCUT2D eigenvalue weighted by atomic mass is 9.73. The summed E-state index contributed by atoms with van der Waals surface area (Å²) in [6.07, 6.45) is 2.56. The summed E-state index contributed by atoms with van der Waals surface area (Å²) in [5.41, 5.74) is 0.882. The van der Waals surface area contributed by atoms with Gasteiger partial charge in [0.05, 0.1) is 13.2 Å². The van der Waals surface area contributed by atoms with Crippen LogP contribution in [-0.4, -0.2) is 37.7 Å². The highest BCUT2D eigenvalue weighted by Crippen LogP contribution is 2.36. The van der Waals surface area contributed by atoms with Crippen molar-refractivity contribution in [3.05, 3.63) is 0 Å². The maximum absolute atomic E-state index is 5.41. The second-order valence-corrected chi connectivity index (χ2v) is 6.79. The van der Waals surface area contributed by atoms with Gasteiger partial charge in [0, 0.05) is 19.6 Å². The molecule has 0 amide bonds. The fraction of sp³-hybridized carbons (Fsp3) is 1.00. The molecule has 16 heavy (non-hydrogen) atoms. The van der Waals surface area contributed by atoms with Gasteiger partial charge in [-0.05, 0) is 23.7 Å². The highest BCUT2D eigenvalue weighted by atomic mass is 16.5. The molecule has 1 fully saturated rings. The number of hydrogen-bond donors (Lipinski definition) is 0. The Morgan fingerprint density at radius 2 is 1.62 bits per heavy atom. The maximum Gasteiger partial charge on any atom is 0.0594 e. The zero-order chi connectivity index (χ0) is 12.2. The van der Waals surface area contributed by atoms with Gasteiger partial charge in [0.2, 0.25) is 0 Å². The predicted octanol–water partition coefficient (Wildman–Crippen LogP) is 3.17. The summed E-state index contributed by atoms with van der Waals surface area (Å²) in [6.45, 7) is 17.1. The Labute approximate surface area is 101 Å². The van der Waals surface area contributed by atoms with Gasteiger partial charge in [0.15, 0.2) is 0 Å². The van der Waals surface area contributed by atoms with Crippen LogP contribution in [0.3, 0.4) is 0 Å². The van der Waals surface area contributed by atoms with Gasteiger partial charge in [-0.15, -0.1) is 0 Å². The third kappa shape index (κ3) is 4.84. The van der Waals surface area contributed by atoms with E-state index >= 15 is 0 Å². The lowest BCUT2D eigenvalue weighted by Crippen LogP contribution is -2.43. The summed E-state index contributed by atoms with van der Waals surface area (Å²) >= 11 is 0. The lowest BCUT2D eigenvalue weighted by Gasteiger charge is -2.40. The first-order valence-corrected chi connectivity index (χ1v) is 6.65. The molecule has 0 radical (unpaired) electrons. The molecule has 1 unspecified atom stereocenters. The van der Waals surface area contributed by atoms with Gasteiger partial charge >= 0.3 is 0 Å². The summed E-state index contributed by atoms with van der Waals surface area (Å²) < 4.78 is 5.41. The van der Waals surface area contributed by atoms with Gasteiger partial charge in [-0.2, -0.15) is 0 Å². The molecule has 0 N–H and O–H groups in total. The van der Waals surface area contributed by atoms with Crippen LogP contribution in [0.2, 0.25) is 0 Å². The topological polar surface area (TPSA) is 12.5 Å². The number of ether oxygens (including phenoxy) is 1. The van der Waals surface area contributed by atoms with Gasteiger partial charge in [-0.1, -0.05) is 34.6 Å². The molecular formula is C14H29NO. The lowest BCUT2D eigenvalue weighted by molar-refractivity contribution is 0.0101. The fourth-order valence-electron chi connectivity index (χ4n) is 2.87. The highest BCUT2D eigenvalue weighted by Gasteiger charge is 2.30. The minimum absolute atomic E-state index is 0.428. The van der Waals surface area contributed by atoms with Gasteiger partial charge in [0.1, 0.15) is 0 Å². The van der Waals surface area contributed by atoms with E-state index in [9.17, 15) is 0 Å². The van der Waals surface area contributed by atoms with Gasteiger partial charge in [-0.3, -0.25) is 4.90 Å². The Kier molecular flexibility index (Phi) is 4.81. The quantitative estimate of drug-likeness (QED) is 0.731. The minimum Gasteiger partial charge on any atom is -0.379 e. The van der Waals surface area contributed by atoms with E-state index in [4.69, 9.17) is 4.74 Å². The summed E-state index contributed by atoms with van der Waals surface area (Å²) in [6, 6.07) is 0. The van der Waals surface area contributed by atoms with Crippen LogP contribution >= 0.6 is 0 Å². The second kappa shape index (κ2) is 5.50. The smallest absolute Gasteiger partial charge is 0.0594 e. The van der Waals surface area contributed by atoms with E-state index < -0.39 is 0 Å². The first kappa shape index (κ1) is 14.0. The standard InChI is InChI=1S/C14H29NO/c1-6-14(5,11-13(2,3)4)12-15-7-9-16-10-8-15/h6-12H2,1-5H3. The van der Waals surface area contributed by atoms with E-state index in [1.54, 1.807) is 0 Å². The molecule has 1 heterocycles. The molecule has 96 valence electrons. The first-order valence-electron chi connectivity index (χ1n) is 6.65. The van der Waals surface area contributed by atoms with E-state index in [2.05, 4.69) is 39.5 Å². The van der Waals surface area contributed by atoms with Crippen LogP contribution in [0.25, 0.3) is 0 Å². The molecule has 1 saturated heterocycles. The molecule has 1 aliphatic heterocycles. The van der Waals surface area contributed by atoms with Crippen molar-refractivity contribution >= 4 is 0 Å². The Morgan fingerprint density at radius 3 is 2.06 bits per heavy atom. The SMILES string of the molecule is CCC(C)(CN1CCOCC1)CC(C)(C)C. The van der Waals surface area contributed by atoms with Crippen LogP contribution in [0.5, 0.6) is 0 Å². The molecule has 0 aromatic carbocycles. The van der Waals surface area contributed by atoms with Crippen molar-refractivity contribution in [1.29, 1.82) is 0 Å². The van der Waals surface area contributed by atoms with E-state index in [-0.39, 0.29) is 0 Å². The summed E-state index contributed by atoms with van der Waals surface area (Å²) in [5, 5.41) is 0. The summed E-state index contributed by atoms with van der Waals surface area (Å²) in [5.74, 6) is 0. The van der Waals surface area contributed by atoms with Crippen LogP contribution in [0.15, 0.2) is 0 Å². The Balaban J connectivity index is 2.51. The third-order valence-corrected chi connectivity index (χ3v) is 3.52. The van der Waals surface area contributed by atoms with E-state index in [0.29, 0.717) is 10.8 Å².